The molecular weight excluding hydrogens is 398 g/mol. The fourth-order valence-corrected chi connectivity index (χ4v) is 4.87. The van der Waals surface area contributed by atoms with Crippen molar-refractivity contribution in [1.29, 1.82) is 0 Å². The largest absolute Gasteiger partial charge is 0.349 e. The van der Waals surface area contributed by atoms with Crippen LogP contribution in [0, 0.1) is 0 Å². The van der Waals surface area contributed by atoms with E-state index in [1.807, 2.05) is 19.9 Å². The summed E-state index contributed by atoms with van der Waals surface area (Å²) in [4.78, 5) is 15.2. The second kappa shape index (κ2) is 10.2. The van der Waals surface area contributed by atoms with E-state index in [-0.39, 0.29) is 22.9 Å². The number of nitrogens with one attached hydrogen (secondary N) is 2. The molecule has 3 rings (SSSR count). The smallest absolute Gasteiger partial charge is 0.251 e. The number of sulfonamides is 1. The number of amides is 1. The van der Waals surface area contributed by atoms with Gasteiger partial charge in [0.05, 0.1) is 4.90 Å². The van der Waals surface area contributed by atoms with Gasteiger partial charge < -0.3 is 5.32 Å². The molecule has 0 saturated carbocycles. The van der Waals surface area contributed by atoms with Gasteiger partial charge in [-0.2, -0.15) is 0 Å². The van der Waals surface area contributed by atoms with Gasteiger partial charge in [-0.05, 0) is 56.0 Å². The van der Waals surface area contributed by atoms with Gasteiger partial charge in [-0.1, -0.05) is 37.3 Å². The molecule has 0 aromatic heterocycles. The zero-order valence-corrected chi connectivity index (χ0v) is 18.5. The lowest BCUT2D eigenvalue weighted by Crippen LogP contribution is -2.44. The molecule has 162 valence electrons. The molecule has 2 aromatic rings. The van der Waals surface area contributed by atoms with Gasteiger partial charge in [0, 0.05) is 37.3 Å². The molecule has 2 N–H and O–H groups in total. The molecule has 1 amide bonds. The standard InChI is InChI=1S/C23H31N3O3S/c1-3-18(2)25-30(28,29)22-11-9-20(10-12-22)23(27)24-21-13-15-26(16-14-21)17-19-7-5-4-6-8-19/h4-12,18,21,25H,3,13-17H2,1-2H3,(H,24,27). The molecule has 0 bridgehead atoms. The maximum absolute atomic E-state index is 12.6. The van der Waals surface area contributed by atoms with Crippen LogP contribution in [-0.2, 0) is 16.6 Å². The van der Waals surface area contributed by atoms with Gasteiger partial charge in [0.1, 0.15) is 0 Å². The Balaban J connectivity index is 1.50. The van der Waals surface area contributed by atoms with E-state index in [2.05, 4.69) is 39.2 Å². The molecule has 0 aliphatic carbocycles. The van der Waals surface area contributed by atoms with Crippen LogP contribution in [0.1, 0.15) is 49.0 Å². The van der Waals surface area contributed by atoms with Gasteiger partial charge in [-0.25, -0.2) is 13.1 Å². The average Bonchev–Trinajstić information content (AvgIpc) is 2.75. The Labute approximate surface area is 179 Å². The highest BCUT2D eigenvalue weighted by atomic mass is 32.2. The lowest BCUT2D eigenvalue weighted by atomic mass is 10.0. The monoisotopic (exact) mass is 429 g/mol. The van der Waals surface area contributed by atoms with Crippen LogP contribution in [0.4, 0.5) is 0 Å². The zero-order valence-electron chi connectivity index (χ0n) is 17.7. The number of rotatable bonds is 8. The summed E-state index contributed by atoms with van der Waals surface area (Å²) in [7, 11) is -3.56. The first-order valence-corrected chi connectivity index (χ1v) is 12.0. The first kappa shape index (κ1) is 22.5. The van der Waals surface area contributed by atoms with Gasteiger partial charge >= 0.3 is 0 Å². The van der Waals surface area contributed by atoms with Crippen molar-refractivity contribution in [3.05, 3.63) is 65.7 Å². The second-order valence-electron chi connectivity index (χ2n) is 7.96. The van der Waals surface area contributed by atoms with Crippen LogP contribution in [0.2, 0.25) is 0 Å². The quantitative estimate of drug-likeness (QED) is 0.676. The fraction of sp³-hybridized carbons (Fsp3) is 0.435. The first-order valence-electron chi connectivity index (χ1n) is 10.6. The number of nitrogens with zero attached hydrogens (tertiary/aromatic N) is 1. The first-order chi connectivity index (χ1) is 14.4. The van der Waals surface area contributed by atoms with Gasteiger partial charge in [-0.15, -0.1) is 0 Å². The molecule has 1 aliphatic heterocycles. The molecule has 0 spiro atoms. The molecule has 0 radical (unpaired) electrons. The highest BCUT2D eigenvalue weighted by Gasteiger charge is 2.22. The molecule has 1 fully saturated rings. The third kappa shape index (κ3) is 6.14. The van der Waals surface area contributed by atoms with Crippen LogP contribution < -0.4 is 10.0 Å². The predicted molar refractivity (Wildman–Crippen MR) is 119 cm³/mol. The Hall–Kier alpha value is -2.22. The molecular formula is C23H31N3O3S. The van der Waals surface area contributed by atoms with E-state index in [9.17, 15) is 13.2 Å². The fourth-order valence-electron chi connectivity index (χ4n) is 3.55. The molecule has 30 heavy (non-hydrogen) atoms. The average molecular weight is 430 g/mol. The Kier molecular flexibility index (Phi) is 7.64. The van der Waals surface area contributed by atoms with E-state index in [1.54, 1.807) is 12.1 Å². The number of hydrogen-bond acceptors (Lipinski definition) is 4. The number of likely N-dealkylation sites (tertiary alicyclic amines) is 1. The maximum Gasteiger partial charge on any atom is 0.251 e. The van der Waals surface area contributed by atoms with Crippen molar-refractivity contribution >= 4 is 15.9 Å². The minimum Gasteiger partial charge on any atom is -0.349 e. The summed E-state index contributed by atoms with van der Waals surface area (Å²) in [5.74, 6) is -0.157. The molecule has 1 atom stereocenters. The highest BCUT2D eigenvalue weighted by molar-refractivity contribution is 7.89. The maximum atomic E-state index is 12.6. The Bertz CT molecular complexity index is 922. The van der Waals surface area contributed by atoms with Crippen molar-refractivity contribution in [3.63, 3.8) is 0 Å². The number of hydrogen-bond donors (Lipinski definition) is 2. The molecule has 1 unspecified atom stereocenters. The zero-order chi connectivity index (χ0) is 21.6. The highest BCUT2D eigenvalue weighted by Crippen LogP contribution is 2.16. The minimum absolute atomic E-state index is 0.134. The molecule has 1 heterocycles. The van der Waals surface area contributed by atoms with E-state index in [0.29, 0.717) is 12.0 Å². The second-order valence-corrected chi connectivity index (χ2v) is 9.68. The van der Waals surface area contributed by atoms with E-state index < -0.39 is 10.0 Å². The molecule has 2 aromatic carbocycles. The topological polar surface area (TPSA) is 78.5 Å². The predicted octanol–water partition coefficient (Wildman–Crippen LogP) is 3.16. The van der Waals surface area contributed by atoms with Crippen LogP contribution in [0.5, 0.6) is 0 Å². The molecule has 7 heteroatoms. The molecule has 1 saturated heterocycles. The number of carbonyl (C=O) groups excluding carboxylic acids is 1. The van der Waals surface area contributed by atoms with Gasteiger partial charge in [0.25, 0.3) is 5.91 Å². The number of carbonyl (C=O) groups is 1. The van der Waals surface area contributed by atoms with E-state index in [1.165, 1.54) is 17.7 Å². The van der Waals surface area contributed by atoms with Crippen molar-refractivity contribution in [2.75, 3.05) is 13.1 Å². The normalized spacial score (nSPS) is 16.9. The van der Waals surface area contributed by atoms with Gasteiger partial charge in [0.15, 0.2) is 0 Å². The summed E-state index contributed by atoms with van der Waals surface area (Å²) >= 11 is 0. The van der Waals surface area contributed by atoms with E-state index in [4.69, 9.17) is 0 Å². The summed E-state index contributed by atoms with van der Waals surface area (Å²) in [5.41, 5.74) is 1.78. The summed E-state index contributed by atoms with van der Waals surface area (Å²) < 4.78 is 27.3. The SMILES string of the molecule is CCC(C)NS(=O)(=O)c1ccc(C(=O)NC2CCN(Cc3ccccc3)CC2)cc1. The minimum atomic E-state index is -3.56. The van der Waals surface area contributed by atoms with Crippen molar-refractivity contribution in [2.24, 2.45) is 0 Å². The summed E-state index contributed by atoms with van der Waals surface area (Å²) in [5, 5.41) is 3.09. The van der Waals surface area contributed by atoms with Crippen LogP contribution in [0.15, 0.2) is 59.5 Å². The Morgan fingerprint density at radius 3 is 2.30 bits per heavy atom. The molecule has 1 aliphatic rings. The Morgan fingerprint density at radius 2 is 1.70 bits per heavy atom. The summed E-state index contributed by atoms with van der Waals surface area (Å²) in [6, 6.07) is 16.5. The van der Waals surface area contributed by atoms with E-state index in [0.717, 1.165) is 32.5 Å². The van der Waals surface area contributed by atoms with Crippen LogP contribution in [0.3, 0.4) is 0 Å². The van der Waals surface area contributed by atoms with E-state index >= 15 is 0 Å². The van der Waals surface area contributed by atoms with Crippen molar-refractivity contribution in [1.82, 2.24) is 14.9 Å². The lowest BCUT2D eigenvalue weighted by Gasteiger charge is -2.32. The van der Waals surface area contributed by atoms with Crippen molar-refractivity contribution in [3.8, 4) is 0 Å². The lowest BCUT2D eigenvalue weighted by molar-refractivity contribution is 0.0909. The van der Waals surface area contributed by atoms with Gasteiger partial charge in [0.2, 0.25) is 10.0 Å². The number of piperidine rings is 1. The number of benzene rings is 2. The van der Waals surface area contributed by atoms with Crippen molar-refractivity contribution < 1.29 is 13.2 Å². The Morgan fingerprint density at radius 1 is 1.07 bits per heavy atom. The summed E-state index contributed by atoms with van der Waals surface area (Å²) in [6.07, 6.45) is 2.53. The third-order valence-corrected chi connectivity index (χ3v) is 7.17. The molecule has 6 nitrogen and oxygen atoms in total. The third-order valence-electron chi connectivity index (χ3n) is 5.57. The van der Waals surface area contributed by atoms with Crippen LogP contribution in [0.25, 0.3) is 0 Å². The van der Waals surface area contributed by atoms with Crippen molar-refractivity contribution in [2.45, 2.75) is 56.6 Å². The summed E-state index contributed by atoms with van der Waals surface area (Å²) in [6.45, 7) is 6.57. The van der Waals surface area contributed by atoms with Gasteiger partial charge in [-0.3, -0.25) is 9.69 Å². The van der Waals surface area contributed by atoms with Crippen LogP contribution in [-0.4, -0.2) is 44.4 Å². The van der Waals surface area contributed by atoms with Crippen LogP contribution >= 0.6 is 0 Å².